The van der Waals surface area contributed by atoms with Crippen molar-refractivity contribution in [1.82, 2.24) is 0 Å². The molecule has 3 rings (SSSR count). The normalized spacial score (nSPS) is 10.9. The van der Waals surface area contributed by atoms with Gasteiger partial charge in [0.2, 0.25) is 0 Å². The quantitative estimate of drug-likeness (QED) is 0.225. The number of nitrogens with zero attached hydrogens (tertiary/aromatic N) is 2. The van der Waals surface area contributed by atoms with Crippen molar-refractivity contribution in [3.63, 3.8) is 0 Å². The van der Waals surface area contributed by atoms with Crippen LogP contribution in [0, 0.1) is 15.9 Å². The molecule has 6 nitrogen and oxygen atoms in total. The van der Waals surface area contributed by atoms with Crippen LogP contribution in [0.4, 0.5) is 15.8 Å². The minimum Gasteiger partial charge on any atom is -0.486 e. The van der Waals surface area contributed by atoms with Gasteiger partial charge in [-0.15, -0.1) is 0 Å². The molecule has 1 N–H and O–H groups in total. The molecule has 148 valence electrons. The fourth-order valence-corrected chi connectivity index (χ4v) is 3.85. The van der Waals surface area contributed by atoms with Crippen LogP contribution in [0.15, 0.2) is 74.7 Å². The number of halogens is 3. The van der Waals surface area contributed by atoms with Crippen LogP contribution in [-0.2, 0) is 6.61 Å². The maximum absolute atomic E-state index is 13.7. The molecule has 0 aliphatic carbocycles. The lowest BCUT2D eigenvalue weighted by molar-refractivity contribution is -0.384. The second-order valence-corrected chi connectivity index (χ2v) is 7.58. The monoisotopic (exact) mass is 521 g/mol. The van der Waals surface area contributed by atoms with E-state index in [1.807, 2.05) is 12.1 Å². The summed E-state index contributed by atoms with van der Waals surface area (Å²) < 4.78 is 20.8. The Bertz CT molecular complexity index is 1040. The van der Waals surface area contributed by atoms with Gasteiger partial charge in [0, 0.05) is 17.7 Å². The van der Waals surface area contributed by atoms with Crippen molar-refractivity contribution in [3.8, 4) is 5.75 Å². The van der Waals surface area contributed by atoms with E-state index < -0.39 is 4.92 Å². The number of benzene rings is 3. The van der Waals surface area contributed by atoms with Crippen LogP contribution in [0.3, 0.4) is 0 Å². The highest BCUT2D eigenvalue weighted by molar-refractivity contribution is 9.11. The zero-order chi connectivity index (χ0) is 20.8. The first-order valence-corrected chi connectivity index (χ1v) is 9.91. The third kappa shape index (κ3) is 5.61. The molecule has 0 saturated carbocycles. The third-order valence-corrected chi connectivity index (χ3v) is 5.01. The first kappa shape index (κ1) is 20.9. The fourth-order valence-electron chi connectivity index (χ4n) is 2.40. The molecule has 3 aromatic carbocycles. The number of hydrogen-bond acceptors (Lipinski definition) is 5. The third-order valence-electron chi connectivity index (χ3n) is 3.84. The number of anilines is 1. The Balaban J connectivity index is 1.66. The lowest BCUT2D eigenvalue weighted by atomic mass is 10.2. The SMILES string of the molecule is O=[N+]([O-])c1ccc(N/N=C/c2cc(Br)c(OCc3ccccc3F)c(Br)c2)cc1. The molecule has 0 unspecified atom stereocenters. The molecule has 0 amide bonds. The molecular formula is C20H14Br2FN3O3. The molecular weight excluding hydrogens is 509 g/mol. The Morgan fingerprint density at radius 1 is 1.10 bits per heavy atom. The topological polar surface area (TPSA) is 76.8 Å². The van der Waals surface area contributed by atoms with E-state index in [1.165, 1.54) is 18.2 Å². The van der Waals surface area contributed by atoms with E-state index in [9.17, 15) is 14.5 Å². The largest absolute Gasteiger partial charge is 0.486 e. The van der Waals surface area contributed by atoms with Crippen molar-refractivity contribution < 1.29 is 14.1 Å². The second kappa shape index (κ2) is 9.62. The molecule has 0 aliphatic rings. The van der Waals surface area contributed by atoms with Gasteiger partial charge in [0.25, 0.3) is 5.69 Å². The van der Waals surface area contributed by atoms with Crippen LogP contribution in [0.1, 0.15) is 11.1 Å². The Morgan fingerprint density at radius 3 is 2.38 bits per heavy atom. The van der Waals surface area contributed by atoms with Gasteiger partial charge in [-0.25, -0.2) is 4.39 Å². The molecule has 0 bridgehead atoms. The van der Waals surface area contributed by atoms with E-state index in [-0.39, 0.29) is 18.1 Å². The molecule has 9 heteroatoms. The number of hydrogen-bond donors (Lipinski definition) is 1. The Kier molecular flexibility index (Phi) is 6.95. The van der Waals surface area contributed by atoms with E-state index in [0.29, 0.717) is 25.9 Å². The van der Waals surface area contributed by atoms with Crippen molar-refractivity contribution in [2.75, 3.05) is 5.43 Å². The van der Waals surface area contributed by atoms with E-state index in [1.54, 1.807) is 36.5 Å². The molecule has 0 radical (unpaired) electrons. The summed E-state index contributed by atoms with van der Waals surface area (Å²) in [6.07, 6.45) is 1.59. The molecule has 0 aliphatic heterocycles. The summed E-state index contributed by atoms with van der Waals surface area (Å²) >= 11 is 6.91. The van der Waals surface area contributed by atoms with Crippen molar-refractivity contribution in [3.05, 3.63) is 96.7 Å². The van der Waals surface area contributed by atoms with Gasteiger partial charge < -0.3 is 4.74 Å². The maximum Gasteiger partial charge on any atom is 0.269 e. The number of nitro benzene ring substituents is 1. The average Bonchev–Trinajstić information content (AvgIpc) is 2.69. The number of ether oxygens (including phenoxy) is 1. The number of hydrazone groups is 1. The zero-order valence-corrected chi connectivity index (χ0v) is 18.0. The summed E-state index contributed by atoms with van der Waals surface area (Å²) in [6.45, 7) is 0.0962. The highest BCUT2D eigenvalue weighted by atomic mass is 79.9. The smallest absolute Gasteiger partial charge is 0.269 e. The van der Waals surface area contributed by atoms with Crippen LogP contribution in [0.25, 0.3) is 0 Å². The van der Waals surface area contributed by atoms with Crippen molar-refractivity contribution >= 4 is 49.4 Å². The molecule has 0 saturated heterocycles. The average molecular weight is 523 g/mol. The Labute approximate surface area is 182 Å². The zero-order valence-electron chi connectivity index (χ0n) is 14.8. The molecule has 0 fully saturated rings. The maximum atomic E-state index is 13.7. The fraction of sp³-hybridized carbons (Fsp3) is 0.0500. The number of non-ortho nitro benzene ring substituents is 1. The van der Waals surface area contributed by atoms with Gasteiger partial charge in [0.15, 0.2) is 0 Å². The van der Waals surface area contributed by atoms with E-state index in [0.717, 1.165) is 5.56 Å². The predicted molar refractivity (Wildman–Crippen MR) is 117 cm³/mol. The van der Waals surface area contributed by atoms with Crippen molar-refractivity contribution in [1.29, 1.82) is 0 Å². The van der Waals surface area contributed by atoms with Crippen molar-refractivity contribution in [2.45, 2.75) is 6.61 Å². The van der Waals surface area contributed by atoms with Gasteiger partial charge in [-0.1, -0.05) is 18.2 Å². The van der Waals surface area contributed by atoms with Gasteiger partial charge >= 0.3 is 0 Å². The van der Waals surface area contributed by atoms with Crippen LogP contribution >= 0.6 is 31.9 Å². The summed E-state index contributed by atoms with van der Waals surface area (Å²) in [7, 11) is 0. The van der Waals surface area contributed by atoms with Crippen molar-refractivity contribution in [2.24, 2.45) is 5.10 Å². The van der Waals surface area contributed by atoms with Crippen LogP contribution in [0.2, 0.25) is 0 Å². The first-order chi connectivity index (χ1) is 13.9. The van der Waals surface area contributed by atoms with Gasteiger partial charge in [-0.2, -0.15) is 5.10 Å². The number of nitrogens with one attached hydrogen (secondary N) is 1. The molecule has 0 heterocycles. The van der Waals surface area contributed by atoms with Gasteiger partial charge in [-0.05, 0) is 67.8 Å². The predicted octanol–water partition coefficient (Wildman–Crippen LogP) is 6.28. The lowest BCUT2D eigenvalue weighted by Gasteiger charge is -2.12. The summed E-state index contributed by atoms with van der Waals surface area (Å²) in [5.74, 6) is 0.231. The standard InChI is InChI=1S/C20H14Br2FN3O3/c21-17-9-13(11-24-25-15-5-7-16(8-6-15)26(27)28)10-18(22)20(17)29-12-14-3-1-2-4-19(14)23/h1-11,25H,12H2/b24-11+. The molecule has 0 spiro atoms. The van der Waals surface area contributed by atoms with Gasteiger partial charge in [0.05, 0.1) is 25.8 Å². The highest BCUT2D eigenvalue weighted by Gasteiger charge is 2.10. The van der Waals surface area contributed by atoms with Crippen LogP contribution < -0.4 is 10.2 Å². The van der Waals surface area contributed by atoms with Gasteiger partial charge in [0.1, 0.15) is 18.2 Å². The minimum absolute atomic E-state index is 0.0124. The molecule has 0 atom stereocenters. The molecule has 0 aromatic heterocycles. The first-order valence-electron chi connectivity index (χ1n) is 8.33. The minimum atomic E-state index is -0.460. The summed E-state index contributed by atoms with van der Waals surface area (Å²) in [6, 6.07) is 16.0. The summed E-state index contributed by atoms with van der Waals surface area (Å²) in [5, 5.41) is 14.8. The van der Waals surface area contributed by atoms with E-state index in [4.69, 9.17) is 4.74 Å². The van der Waals surface area contributed by atoms with Crippen LogP contribution in [0.5, 0.6) is 5.75 Å². The number of rotatable bonds is 7. The van der Waals surface area contributed by atoms with E-state index >= 15 is 0 Å². The Hall–Kier alpha value is -2.78. The van der Waals surface area contributed by atoms with Gasteiger partial charge in [-0.3, -0.25) is 15.5 Å². The van der Waals surface area contributed by atoms with Crippen LogP contribution in [-0.4, -0.2) is 11.1 Å². The molecule has 3 aromatic rings. The second-order valence-electron chi connectivity index (χ2n) is 5.87. The Morgan fingerprint density at radius 2 is 1.76 bits per heavy atom. The summed E-state index contributed by atoms with van der Waals surface area (Å²) in [5.41, 5.74) is 4.68. The van der Waals surface area contributed by atoms with E-state index in [2.05, 4.69) is 42.4 Å². The summed E-state index contributed by atoms with van der Waals surface area (Å²) in [4.78, 5) is 10.2. The highest BCUT2D eigenvalue weighted by Crippen LogP contribution is 2.35. The molecule has 29 heavy (non-hydrogen) atoms. The lowest BCUT2D eigenvalue weighted by Crippen LogP contribution is -2.00. The number of nitro groups is 1.